The smallest absolute Gasteiger partial charge is 0.0831 e. The van der Waals surface area contributed by atoms with Crippen LogP contribution in [0.25, 0.3) is 0 Å². The van der Waals surface area contributed by atoms with E-state index in [0.717, 1.165) is 29.4 Å². The highest BCUT2D eigenvalue weighted by Gasteiger charge is 2.19. The summed E-state index contributed by atoms with van der Waals surface area (Å²) >= 11 is 10.1. The second-order valence-electron chi connectivity index (χ2n) is 2.03. The molecule has 1 aliphatic rings. The van der Waals surface area contributed by atoms with Crippen molar-refractivity contribution < 1.29 is 0 Å². The Morgan fingerprint density at radius 1 is 1.33 bits per heavy atom. The molecule has 0 aromatic rings. The average molecular weight is 159 g/mol. The van der Waals surface area contributed by atoms with E-state index in [1.54, 1.807) is 0 Å². The van der Waals surface area contributed by atoms with Gasteiger partial charge in [-0.05, 0) is 6.92 Å². The van der Waals surface area contributed by atoms with Gasteiger partial charge in [0.15, 0.2) is 0 Å². The molecule has 1 saturated heterocycles. The van der Waals surface area contributed by atoms with Crippen molar-refractivity contribution >= 4 is 34.4 Å². The van der Waals surface area contributed by atoms with Crippen LogP contribution in [-0.2, 0) is 0 Å². The lowest BCUT2D eigenvalue weighted by atomic mass is 10.4. The Kier molecular flexibility index (Phi) is 2.13. The van der Waals surface area contributed by atoms with E-state index in [1.807, 2.05) is 4.90 Å². The normalized spacial score (nSPS) is 19.4. The fourth-order valence-corrected chi connectivity index (χ4v) is 1.72. The maximum absolute atomic E-state index is 5.06. The van der Waals surface area contributed by atoms with Crippen LogP contribution in [0.3, 0.4) is 0 Å². The van der Waals surface area contributed by atoms with Gasteiger partial charge in [0.1, 0.15) is 0 Å². The summed E-state index contributed by atoms with van der Waals surface area (Å²) in [6.07, 6.45) is 1.98. The van der Waals surface area contributed by atoms with E-state index in [4.69, 9.17) is 24.4 Å². The largest absolute Gasteiger partial charge is 0.331 e. The fraction of sp³-hybridized carbons (Fsp3) is 0.667. The predicted octanol–water partition coefficient (Wildman–Crippen LogP) is 1.76. The second kappa shape index (κ2) is 2.71. The Bertz CT molecular complexity index is 137. The summed E-state index contributed by atoms with van der Waals surface area (Å²) in [5.41, 5.74) is 0. The molecule has 0 atom stereocenters. The molecule has 9 heavy (non-hydrogen) atoms. The number of nitrogens with zero attached hydrogens (tertiary/aromatic N) is 1. The number of thiocarbonyl (C=S) groups is 2. The molecule has 50 valence electrons. The second-order valence-corrected chi connectivity index (χ2v) is 2.97. The molecular weight excluding hydrogens is 150 g/mol. The Labute approximate surface area is 66.0 Å². The van der Waals surface area contributed by atoms with Crippen LogP contribution in [0.1, 0.15) is 19.8 Å². The van der Waals surface area contributed by atoms with Crippen molar-refractivity contribution in [3.05, 3.63) is 0 Å². The van der Waals surface area contributed by atoms with Gasteiger partial charge in [-0.15, -0.1) is 0 Å². The first kappa shape index (κ1) is 7.09. The summed E-state index contributed by atoms with van der Waals surface area (Å²) in [5, 5.41) is 0. The van der Waals surface area contributed by atoms with Crippen LogP contribution < -0.4 is 0 Å². The summed E-state index contributed by atoms with van der Waals surface area (Å²) in [7, 11) is 0. The molecular formula is C6H9NS2. The zero-order valence-corrected chi connectivity index (χ0v) is 7.02. The topological polar surface area (TPSA) is 3.24 Å². The minimum absolute atomic E-state index is 0.942. The van der Waals surface area contributed by atoms with Gasteiger partial charge in [-0.25, -0.2) is 0 Å². The third-order valence-corrected chi connectivity index (χ3v) is 2.32. The van der Waals surface area contributed by atoms with Crippen LogP contribution in [0.15, 0.2) is 0 Å². The maximum atomic E-state index is 5.06. The molecule has 1 heterocycles. The summed E-state index contributed by atoms with van der Waals surface area (Å²) in [4.78, 5) is 4.06. The molecule has 0 N–H and O–H groups in total. The summed E-state index contributed by atoms with van der Waals surface area (Å²) in [5.74, 6) is 0. The zero-order chi connectivity index (χ0) is 6.85. The van der Waals surface area contributed by atoms with Gasteiger partial charge in [0, 0.05) is 19.4 Å². The average Bonchev–Trinajstić information content (AvgIpc) is 2.12. The van der Waals surface area contributed by atoms with E-state index in [1.165, 1.54) is 0 Å². The van der Waals surface area contributed by atoms with Crippen molar-refractivity contribution in [2.24, 2.45) is 0 Å². The van der Waals surface area contributed by atoms with Crippen LogP contribution in [0.4, 0.5) is 0 Å². The predicted molar refractivity (Wildman–Crippen MR) is 46.8 cm³/mol. The molecule has 1 aliphatic heterocycles. The number of rotatable bonds is 1. The molecule has 0 amide bonds. The van der Waals surface area contributed by atoms with Crippen LogP contribution >= 0.6 is 24.4 Å². The lowest BCUT2D eigenvalue weighted by molar-refractivity contribution is 0.675. The quantitative estimate of drug-likeness (QED) is 0.537. The highest BCUT2D eigenvalue weighted by molar-refractivity contribution is 7.82. The molecule has 3 heteroatoms. The molecule has 1 fully saturated rings. The van der Waals surface area contributed by atoms with Gasteiger partial charge in [-0.3, -0.25) is 0 Å². The molecule has 0 spiro atoms. The number of hydrogen-bond donors (Lipinski definition) is 0. The first-order valence-electron chi connectivity index (χ1n) is 3.09. The van der Waals surface area contributed by atoms with Crippen LogP contribution in [-0.4, -0.2) is 21.4 Å². The Balaban J connectivity index is 2.66. The van der Waals surface area contributed by atoms with E-state index in [9.17, 15) is 0 Å². The van der Waals surface area contributed by atoms with Gasteiger partial charge in [-0.1, -0.05) is 24.4 Å². The van der Waals surface area contributed by atoms with Crippen molar-refractivity contribution in [3.63, 3.8) is 0 Å². The highest BCUT2D eigenvalue weighted by atomic mass is 32.1. The van der Waals surface area contributed by atoms with E-state index >= 15 is 0 Å². The van der Waals surface area contributed by atoms with Gasteiger partial charge in [0.25, 0.3) is 0 Å². The van der Waals surface area contributed by atoms with E-state index in [-0.39, 0.29) is 0 Å². The molecule has 0 radical (unpaired) electrons. The molecule has 0 bridgehead atoms. The molecule has 0 aliphatic carbocycles. The standard InChI is InChI=1S/C6H9NS2/c1-2-7-5(8)3-4-6(7)9/h2-4H2,1H3. The molecule has 0 aromatic heterocycles. The summed E-state index contributed by atoms with van der Waals surface area (Å²) in [6, 6.07) is 0. The molecule has 0 saturated carbocycles. The molecule has 1 rings (SSSR count). The first-order valence-corrected chi connectivity index (χ1v) is 3.90. The minimum Gasteiger partial charge on any atom is -0.331 e. The number of hydrogen-bond acceptors (Lipinski definition) is 2. The summed E-state index contributed by atoms with van der Waals surface area (Å²) < 4.78 is 0. The molecule has 0 unspecified atom stereocenters. The summed E-state index contributed by atoms with van der Waals surface area (Å²) in [6.45, 7) is 3.02. The van der Waals surface area contributed by atoms with Crippen LogP contribution in [0.5, 0.6) is 0 Å². The van der Waals surface area contributed by atoms with Crippen molar-refractivity contribution in [1.82, 2.24) is 4.90 Å². The van der Waals surface area contributed by atoms with Gasteiger partial charge >= 0.3 is 0 Å². The van der Waals surface area contributed by atoms with Gasteiger partial charge in [0.2, 0.25) is 0 Å². The van der Waals surface area contributed by atoms with Crippen molar-refractivity contribution in [1.29, 1.82) is 0 Å². The molecule has 0 aromatic carbocycles. The molecule has 1 nitrogen and oxygen atoms in total. The van der Waals surface area contributed by atoms with Crippen LogP contribution in [0, 0.1) is 0 Å². The monoisotopic (exact) mass is 159 g/mol. The first-order chi connectivity index (χ1) is 4.25. The third kappa shape index (κ3) is 1.27. The van der Waals surface area contributed by atoms with Crippen molar-refractivity contribution in [2.75, 3.05) is 6.54 Å². The van der Waals surface area contributed by atoms with Crippen LogP contribution in [0.2, 0.25) is 0 Å². The zero-order valence-electron chi connectivity index (χ0n) is 5.39. The highest BCUT2D eigenvalue weighted by Crippen LogP contribution is 2.13. The lowest BCUT2D eigenvalue weighted by Crippen LogP contribution is -2.25. The van der Waals surface area contributed by atoms with Crippen molar-refractivity contribution in [2.45, 2.75) is 19.8 Å². The van der Waals surface area contributed by atoms with E-state index in [2.05, 4.69) is 6.92 Å². The Morgan fingerprint density at radius 3 is 2.00 bits per heavy atom. The van der Waals surface area contributed by atoms with E-state index < -0.39 is 0 Å². The van der Waals surface area contributed by atoms with Gasteiger partial charge in [-0.2, -0.15) is 0 Å². The minimum atomic E-state index is 0.942. The SMILES string of the molecule is CCN1C(=S)CCC1=S. The van der Waals surface area contributed by atoms with Crippen molar-refractivity contribution in [3.8, 4) is 0 Å². The Morgan fingerprint density at radius 2 is 1.78 bits per heavy atom. The fourth-order valence-electron chi connectivity index (χ4n) is 0.976. The Hall–Kier alpha value is -0.0200. The van der Waals surface area contributed by atoms with Gasteiger partial charge < -0.3 is 4.90 Å². The lowest BCUT2D eigenvalue weighted by Gasteiger charge is -2.13. The van der Waals surface area contributed by atoms with Gasteiger partial charge in [0.05, 0.1) is 9.98 Å². The number of likely N-dealkylation sites (tertiary alicyclic amines) is 1. The maximum Gasteiger partial charge on any atom is 0.0831 e. The third-order valence-electron chi connectivity index (χ3n) is 1.47. The van der Waals surface area contributed by atoms with E-state index in [0.29, 0.717) is 0 Å².